The number of carbonyl (C=O) groups excluding carboxylic acids is 1. The van der Waals surface area contributed by atoms with E-state index >= 15 is 0 Å². The Morgan fingerprint density at radius 2 is 1.73 bits per heavy atom. The molecule has 180 valence electrons. The first-order valence-electron chi connectivity index (χ1n) is 12.5. The fraction of sp³-hybridized carbons (Fsp3) is 0.556. The predicted octanol–water partition coefficient (Wildman–Crippen LogP) is 5.77. The zero-order valence-corrected chi connectivity index (χ0v) is 20.5. The van der Waals surface area contributed by atoms with Crippen LogP contribution >= 0.6 is 0 Å². The molecule has 0 N–H and O–H groups in total. The van der Waals surface area contributed by atoms with Crippen LogP contribution < -0.4 is 9.80 Å². The second-order valence-corrected chi connectivity index (χ2v) is 8.53. The number of anilines is 3. The van der Waals surface area contributed by atoms with Crippen LogP contribution in [-0.2, 0) is 15.9 Å². The summed E-state index contributed by atoms with van der Waals surface area (Å²) in [4.78, 5) is 22.4. The number of ether oxygens (including phenoxy) is 2. The van der Waals surface area contributed by atoms with Crippen molar-refractivity contribution in [2.24, 2.45) is 0 Å². The molecule has 6 heteroatoms. The van der Waals surface area contributed by atoms with E-state index in [0.29, 0.717) is 18.0 Å². The molecule has 1 aromatic carbocycles. The first-order chi connectivity index (χ1) is 16.2. The van der Waals surface area contributed by atoms with Gasteiger partial charge in [0, 0.05) is 36.7 Å². The number of rotatable bonds is 12. The van der Waals surface area contributed by atoms with Crippen LogP contribution in [-0.4, -0.2) is 50.4 Å². The lowest BCUT2D eigenvalue weighted by molar-refractivity contribution is 0.0500. The lowest BCUT2D eigenvalue weighted by Crippen LogP contribution is -2.36. The van der Waals surface area contributed by atoms with E-state index in [1.54, 1.807) is 0 Å². The van der Waals surface area contributed by atoms with Crippen LogP contribution in [0.2, 0.25) is 0 Å². The Hall–Kier alpha value is -2.60. The highest BCUT2D eigenvalue weighted by molar-refractivity contribution is 5.96. The molecule has 0 atom stereocenters. The van der Waals surface area contributed by atoms with Crippen LogP contribution in [0.4, 0.5) is 17.2 Å². The minimum atomic E-state index is -0.293. The monoisotopic (exact) mass is 453 g/mol. The van der Waals surface area contributed by atoms with Gasteiger partial charge in [0.05, 0.1) is 19.8 Å². The van der Waals surface area contributed by atoms with E-state index < -0.39 is 0 Å². The third kappa shape index (κ3) is 6.94. The number of unbranched alkanes of at least 4 members (excludes halogenated alkanes) is 2. The minimum Gasteiger partial charge on any atom is -0.462 e. The van der Waals surface area contributed by atoms with Crippen molar-refractivity contribution in [1.29, 1.82) is 0 Å². The number of carbonyl (C=O) groups is 1. The number of nitrogens with zero attached hydrogens (tertiary/aromatic N) is 3. The summed E-state index contributed by atoms with van der Waals surface area (Å²) in [7, 11) is 0. The Morgan fingerprint density at radius 1 is 1.00 bits per heavy atom. The van der Waals surface area contributed by atoms with Gasteiger partial charge in [0.2, 0.25) is 0 Å². The number of aromatic nitrogens is 1. The fourth-order valence-corrected chi connectivity index (χ4v) is 3.98. The molecule has 0 aliphatic carbocycles. The summed E-state index contributed by atoms with van der Waals surface area (Å²) in [6.07, 6.45) is 5.89. The summed E-state index contributed by atoms with van der Waals surface area (Å²) in [5.74, 6) is 0.408. The Morgan fingerprint density at radius 3 is 2.39 bits per heavy atom. The van der Waals surface area contributed by atoms with Gasteiger partial charge in [-0.1, -0.05) is 33.6 Å². The predicted molar refractivity (Wildman–Crippen MR) is 135 cm³/mol. The van der Waals surface area contributed by atoms with Crippen LogP contribution in [0.5, 0.6) is 0 Å². The van der Waals surface area contributed by atoms with Crippen LogP contribution in [0.25, 0.3) is 0 Å². The van der Waals surface area contributed by atoms with Crippen LogP contribution in [0.1, 0.15) is 68.9 Å². The molecule has 2 heterocycles. The fourth-order valence-electron chi connectivity index (χ4n) is 3.98. The van der Waals surface area contributed by atoms with E-state index in [1.165, 1.54) is 5.69 Å². The molecular weight excluding hydrogens is 414 g/mol. The Balaban J connectivity index is 1.92. The topological polar surface area (TPSA) is 54.9 Å². The number of hydrogen-bond donors (Lipinski definition) is 0. The highest BCUT2D eigenvalue weighted by Crippen LogP contribution is 2.30. The molecule has 1 saturated heterocycles. The standard InChI is InChI=1S/C27H39N3O3/c1-4-7-9-22-10-15-25(27(31)33-19-8-5-2)26(28-22)30(16-6-3)24-13-11-23(12-14-24)29-17-20-32-21-18-29/h10-15H,4-9,16-21H2,1-3H3. The van der Waals surface area contributed by atoms with E-state index in [2.05, 4.69) is 54.8 Å². The molecule has 33 heavy (non-hydrogen) atoms. The van der Waals surface area contributed by atoms with Crippen molar-refractivity contribution in [3.8, 4) is 0 Å². The maximum absolute atomic E-state index is 13.0. The molecule has 1 aromatic heterocycles. The van der Waals surface area contributed by atoms with Crippen molar-refractivity contribution < 1.29 is 14.3 Å². The molecule has 0 bridgehead atoms. The highest BCUT2D eigenvalue weighted by Gasteiger charge is 2.22. The first-order valence-corrected chi connectivity index (χ1v) is 12.5. The van der Waals surface area contributed by atoms with Gasteiger partial charge in [0.15, 0.2) is 0 Å². The summed E-state index contributed by atoms with van der Waals surface area (Å²) in [6, 6.07) is 12.4. The second-order valence-electron chi connectivity index (χ2n) is 8.53. The van der Waals surface area contributed by atoms with E-state index in [4.69, 9.17) is 14.5 Å². The van der Waals surface area contributed by atoms with E-state index in [0.717, 1.165) is 82.8 Å². The largest absolute Gasteiger partial charge is 0.462 e. The molecule has 1 aliphatic heterocycles. The number of morpholine rings is 1. The molecule has 0 amide bonds. The van der Waals surface area contributed by atoms with Gasteiger partial charge < -0.3 is 19.3 Å². The van der Waals surface area contributed by atoms with Gasteiger partial charge in [0.25, 0.3) is 0 Å². The quantitative estimate of drug-likeness (QED) is 0.301. The Kier molecular flexibility index (Phi) is 10.0. The summed E-state index contributed by atoms with van der Waals surface area (Å²) in [6.45, 7) is 11.0. The molecule has 0 unspecified atom stereocenters. The van der Waals surface area contributed by atoms with Crippen molar-refractivity contribution in [2.75, 3.05) is 49.3 Å². The molecule has 1 fully saturated rings. The lowest BCUT2D eigenvalue weighted by atomic mass is 10.1. The van der Waals surface area contributed by atoms with Crippen LogP contribution in [0.3, 0.4) is 0 Å². The number of benzene rings is 1. The van der Waals surface area contributed by atoms with Crippen LogP contribution in [0.15, 0.2) is 36.4 Å². The minimum absolute atomic E-state index is 0.293. The lowest BCUT2D eigenvalue weighted by Gasteiger charge is -2.30. The van der Waals surface area contributed by atoms with E-state index in [1.807, 2.05) is 12.1 Å². The number of hydrogen-bond acceptors (Lipinski definition) is 6. The highest BCUT2D eigenvalue weighted by atomic mass is 16.5. The van der Waals surface area contributed by atoms with E-state index in [-0.39, 0.29) is 5.97 Å². The van der Waals surface area contributed by atoms with Gasteiger partial charge in [-0.2, -0.15) is 0 Å². The van der Waals surface area contributed by atoms with Crippen molar-refractivity contribution in [3.05, 3.63) is 47.7 Å². The molecule has 3 rings (SSSR count). The Bertz CT molecular complexity index is 863. The van der Waals surface area contributed by atoms with Gasteiger partial charge in [-0.25, -0.2) is 9.78 Å². The maximum atomic E-state index is 13.0. The number of aryl methyl sites for hydroxylation is 1. The van der Waals surface area contributed by atoms with Gasteiger partial charge in [-0.3, -0.25) is 0 Å². The number of pyridine rings is 1. The van der Waals surface area contributed by atoms with Gasteiger partial charge >= 0.3 is 5.97 Å². The van der Waals surface area contributed by atoms with E-state index in [9.17, 15) is 4.79 Å². The molecule has 0 radical (unpaired) electrons. The molecular formula is C27H39N3O3. The zero-order chi connectivity index (χ0) is 23.5. The van der Waals surface area contributed by atoms with Gasteiger partial charge in [-0.15, -0.1) is 0 Å². The molecule has 2 aromatic rings. The average Bonchev–Trinajstić information content (AvgIpc) is 2.86. The van der Waals surface area contributed by atoms with Crippen molar-refractivity contribution in [3.63, 3.8) is 0 Å². The smallest absolute Gasteiger partial charge is 0.341 e. The van der Waals surface area contributed by atoms with Crippen LogP contribution in [0, 0.1) is 0 Å². The molecule has 0 spiro atoms. The zero-order valence-electron chi connectivity index (χ0n) is 20.5. The molecule has 6 nitrogen and oxygen atoms in total. The SMILES string of the molecule is CCCCOC(=O)c1ccc(CCCC)nc1N(CCC)c1ccc(N2CCOCC2)cc1. The Labute approximate surface area is 198 Å². The van der Waals surface area contributed by atoms with Crippen molar-refractivity contribution in [2.45, 2.75) is 59.3 Å². The summed E-state index contributed by atoms with van der Waals surface area (Å²) >= 11 is 0. The first kappa shape index (κ1) is 25.0. The maximum Gasteiger partial charge on any atom is 0.341 e. The number of esters is 1. The summed E-state index contributed by atoms with van der Waals surface area (Å²) in [5, 5.41) is 0. The van der Waals surface area contributed by atoms with Crippen molar-refractivity contribution >= 4 is 23.2 Å². The third-order valence-corrected chi connectivity index (χ3v) is 5.91. The average molecular weight is 454 g/mol. The summed E-state index contributed by atoms with van der Waals surface area (Å²) in [5.41, 5.74) is 3.79. The van der Waals surface area contributed by atoms with Crippen molar-refractivity contribution in [1.82, 2.24) is 4.98 Å². The normalized spacial score (nSPS) is 13.7. The van der Waals surface area contributed by atoms with Gasteiger partial charge in [-0.05, 0) is 62.1 Å². The van der Waals surface area contributed by atoms with Gasteiger partial charge in [0.1, 0.15) is 11.4 Å². The molecule has 0 saturated carbocycles. The molecule has 1 aliphatic rings. The second kappa shape index (κ2) is 13.2. The third-order valence-electron chi connectivity index (χ3n) is 5.91. The summed E-state index contributed by atoms with van der Waals surface area (Å²) < 4.78 is 11.0.